The number of ether oxygens (including phenoxy) is 1. The van der Waals surface area contributed by atoms with Crippen molar-refractivity contribution in [3.05, 3.63) is 17.7 Å². The Morgan fingerprint density at radius 3 is 2.60 bits per heavy atom. The number of hydrogen-bond donors (Lipinski definition) is 3. The van der Waals surface area contributed by atoms with Gasteiger partial charge in [-0.3, -0.25) is 4.79 Å². The van der Waals surface area contributed by atoms with Gasteiger partial charge < -0.3 is 20.1 Å². The van der Waals surface area contributed by atoms with Crippen molar-refractivity contribution >= 4 is 16.8 Å². The van der Waals surface area contributed by atoms with Crippen molar-refractivity contribution in [1.29, 1.82) is 0 Å². The van der Waals surface area contributed by atoms with Gasteiger partial charge in [-0.15, -0.1) is 0 Å². The van der Waals surface area contributed by atoms with Gasteiger partial charge in [0.15, 0.2) is 11.5 Å². The van der Waals surface area contributed by atoms with E-state index in [1.54, 1.807) is 0 Å². The first-order valence-corrected chi connectivity index (χ1v) is 4.43. The number of carbonyl (C=O) groups excluding carboxylic acids is 1. The van der Waals surface area contributed by atoms with Crippen LogP contribution in [0.3, 0.4) is 0 Å². The van der Waals surface area contributed by atoms with E-state index in [0.29, 0.717) is 0 Å². The Bertz CT molecular complexity index is 377. The minimum atomic E-state index is -0.779. The Balaban J connectivity index is 3.07. The average molecular weight is 233 g/mol. The van der Waals surface area contributed by atoms with E-state index < -0.39 is 16.7 Å². The number of aliphatic hydroxyl groups excluding tert-OH is 1. The van der Waals surface area contributed by atoms with E-state index in [-0.39, 0.29) is 24.5 Å². The molecule has 0 atom stereocenters. The summed E-state index contributed by atoms with van der Waals surface area (Å²) in [5.74, 6) is -1.10. The van der Waals surface area contributed by atoms with Gasteiger partial charge in [-0.1, -0.05) is 0 Å². The van der Waals surface area contributed by atoms with E-state index in [9.17, 15) is 15.0 Å². The SMILES string of the molecule is O=C(Cl)c1cc(O)c(O)c(OCCO)c1. The highest BCUT2D eigenvalue weighted by atomic mass is 35.5. The van der Waals surface area contributed by atoms with Crippen molar-refractivity contribution in [3.8, 4) is 17.2 Å². The van der Waals surface area contributed by atoms with E-state index >= 15 is 0 Å². The number of carbonyl (C=O) groups is 1. The molecule has 0 amide bonds. The predicted molar refractivity (Wildman–Crippen MR) is 52.5 cm³/mol. The molecule has 1 rings (SSSR count). The number of phenols is 2. The zero-order chi connectivity index (χ0) is 11.4. The van der Waals surface area contributed by atoms with Gasteiger partial charge in [0.05, 0.1) is 6.61 Å². The van der Waals surface area contributed by atoms with Crippen molar-refractivity contribution < 1.29 is 24.9 Å². The number of benzene rings is 1. The molecule has 0 aliphatic heterocycles. The van der Waals surface area contributed by atoms with Crippen LogP contribution in [0.1, 0.15) is 10.4 Å². The summed E-state index contributed by atoms with van der Waals surface area (Å²) < 4.78 is 4.89. The maximum Gasteiger partial charge on any atom is 0.252 e. The molecular formula is C9H9ClO5. The summed E-state index contributed by atoms with van der Waals surface area (Å²) in [5, 5.41) is 26.3. The second-order valence-electron chi connectivity index (χ2n) is 2.69. The standard InChI is InChI=1S/C9H9ClO5/c10-9(14)5-3-6(12)8(13)7(4-5)15-2-1-11/h3-4,11-13H,1-2H2. The number of rotatable bonds is 4. The van der Waals surface area contributed by atoms with E-state index in [1.807, 2.05) is 0 Å². The molecule has 1 aromatic carbocycles. The highest BCUT2D eigenvalue weighted by Crippen LogP contribution is 2.36. The Kier molecular flexibility index (Phi) is 3.76. The second kappa shape index (κ2) is 4.86. The van der Waals surface area contributed by atoms with Gasteiger partial charge >= 0.3 is 0 Å². The van der Waals surface area contributed by atoms with Crippen LogP contribution in [0.25, 0.3) is 0 Å². The Hall–Kier alpha value is -1.46. The fourth-order valence-corrected chi connectivity index (χ4v) is 1.08. The molecule has 0 heterocycles. The summed E-state index contributed by atoms with van der Waals surface area (Å²) in [6.07, 6.45) is 0. The Morgan fingerprint density at radius 2 is 2.07 bits per heavy atom. The highest BCUT2D eigenvalue weighted by Gasteiger charge is 2.13. The minimum Gasteiger partial charge on any atom is -0.504 e. The fraction of sp³-hybridized carbons (Fsp3) is 0.222. The van der Waals surface area contributed by atoms with Crippen molar-refractivity contribution in [2.24, 2.45) is 0 Å². The van der Waals surface area contributed by atoms with Crippen LogP contribution in [-0.4, -0.2) is 33.8 Å². The fourth-order valence-electron chi connectivity index (χ4n) is 0.972. The molecule has 0 unspecified atom stereocenters. The zero-order valence-electron chi connectivity index (χ0n) is 7.61. The van der Waals surface area contributed by atoms with Gasteiger partial charge in [-0.2, -0.15) is 0 Å². The third kappa shape index (κ3) is 2.74. The summed E-state index contributed by atoms with van der Waals surface area (Å²) in [6.45, 7) is -0.313. The lowest BCUT2D eigenvalue weighted by molar-refractivity contribution is 0.108. The van der Waals surface area contributed by atoms with Crippen LogP contribution in [0.2, 0.25) is 0 Å². The Morgan fingerprint density at radius 1 is 1.40 bits per heavy atom. The van der Waals surface area contributed by atoms with E-state index in [2.05, 4.69) is 0 Å². The van der Waals surface area contributed by atoms with Crippen molar-refractivity contribution in [3.63, 3.8) is 0 Å². The molecule has 0 fully saturated rings. The molecule has 0 aliphatic rings. The third-order valence-electron chi connectivity index (χ3n) is 1.63. The topological polar surface area (TPSA) is 87.0 Å². The number of aliphatic hydroxyl groups is 1. The van der Waals surface area contributed by atoms with Crippen LogP contribution in [0.4, 0.5) is 0 Å². The van der Waals surface area contributed by atoms with Gasteiger partial charge in [0.1, 0.15) is 6.61 Å². The number of phenolic OH excluding ortho intramolecular Hbond substituents is 2. The quantitative estimate of drug-likeness (QED) is 0.529. The molecule has 5 nitrogen and oxygen atoms in total. The number of halogens is 1. The molecular weight excluding hydrogens is 224 g/mol. The van der Waals surface area contributed by atoms with Crippen molar-refractivity contribution in [1.82, 2.24) is 0 Å². The number of aromatic hydroxyl groups is 2. The van der Waals surface area contributed by atoms with E-state index in [1.165, 1.54) is 6.07 Å². The van der Waals surface area contributed by atoms with E-state index in [4.69, 9.17) is 21.4 Å². The van der Waals surface area contributed by atoms with Crippen LogP contribution in [-0.2, 0) is 0 Å². The largest absolute Gasteiger partial charge is 0.504 e. The molecule has 0 spiro atoms. The first kappa shape index (κ1) is 11.6. The predicted octanol–water partition coefficient (Wildman–Crippen LogP) is 0.848. The van der Waals surface area contributed by atoms with Crippen molar-refractivity contribution in [2.45, 2.75) is 0 Å². The molecule has 15 heavy (non-hydrogen) atoms. The van der Waals surface area contributed by atoms with E-state index in [0.717, 1.165) is 6.07 Å². The first-order chi connectivity index (χ1) is 7.06. The summed E-state index contributed by atoms with van der Waals surface area (Å²) in [7, 11) is 0. The lowest BCUT2D eigenvalue weighted by Gasteiger charge is -2.08. The first-order valence-electron chi connectivity index (χ1n) is 4.05. The monoisotopic (exact) mass is 232 g/mol. The van der Waals surface area contributed by atoms with Crippen molar-refractivity contribution in [2.75, 3.05) is 13.2 Å². The van der Waals surface area contributed by atoms with Crippen LogP contribution in [0.15, 0.2) is 12.1 Å². The summed E-state index contributed by atoms with van der Waals surface area (Å²) in [6, 6.07) is 2.20. The van der Waals surface area contributed by atoms with Gasteiger partial charge in [-0.05, 0) is 23.7 Å². The number of hydrogen-bond acceptors (Lipinski definition) is 5. The Labute approximate surface area is 90.5 Å². The van der Waals surface area contributed by atoms with Crippen LogP contribution in [0, 0.1) is 0 Å². The van der Waals surface area contributed by atoms with Crippen LogP contribution >= 0.6 is 11.6 Å². The molecule has 3 N–H and O–H groups in total. The highest BCUT2D eigenvalue weighted by molar-refractivity contribution is 6.67. The van der Waals surface area contributed by atoms with Gasteiger partial charge in [-0.25, -0.2) is 0 Å². The summed E-state index contributed by atoms with van der Waals surface area (Å²) >= 11 is 5.20. The molecule has 0 saturated carbocycles. The average Bonchev–Trinajstić information content (AvgIpc) is 2.19. The summed E-state index contributed by atoms with van der Waals surface area (Å²) in [5.41, 5.74) is -0.0000866. The molecule has 6 heteroatoms. The minimum absolute atomic E-state index is 0.0000866. The zero-order valence-corrected chi connectivity index (χ0v) is 8.36. The molecule has 82 valence electrons. The van der Waals surface area contributed by atoms with Gasteiger partial charge in [0.2, 0.25) is 5.75 Å². The lowest BCUT2D eigenvalue weighted by Crippen LogP contribution is -2.02. The van der Waals surface area contributed by atoms with Crippen LogP contribution < -0.4 is 4.74 Å². The summed E-state index contributed by atoms with van der Waals surface area (Å²) in [4.78, 5) is 10.8. The van der Waals surface area contributed by atoms with Crippen LogP contribution in [0.5, 0.6) is 17.2 Å². The van der Waals surface area contributed by atoms with Gasteiger partial charge in [0.25, 0.3) is 5.24 Å². The normalized spacial score (nSPS) is 10.0. The molecule has 0 aromatic heterocycles. The van der Waals surface area contributed by atoms with Gasteiger partial charge in [0, 0.05) is 5.56 Å². The molecule has 0 saturated heterocycles. The lowest BCUT2D eigenvalue weighted by atomic mass is 10.2. The molecule has 1 aromatic rings. The maximum absolute atomic E-state index is 10.8. The molecule has 0 bridgehead atoms. The second-order valence-corrected chi connectivity index (χ2v) is 3.03. The smallest absolute Gasteiger partial charge is 0.252 e. The third-order valence-corrected chi connectivity index (χ3v) is 1.85. The molecule has 0 aliphatic carbocycles. The maximum atomic E-state index is 10.8. The molecule has 0 radical (unpaired) electrons.